The number of anilines is 2. The first-order valence-corrected chi connectivity index (χ1v) is 11.5. The monoisotopic (exact) mass is 462 g/mol. The molecule has 0 saturated carbocycles. The molecule has 0 radical (unpaired) electrons. The number of nitrogens with zero attached hydrogens (tertiary/aromatic N) is 4. The van der Waals surface area contributed by atoms with Gasteiger partial charge in [0.05, 0.1) is 17.8 Å². The summed E-state index contributed by atoms with van der Waals surface area (Å²) in [6, 6.07) is 8.86. The topological polar surface area (TPSA) is 99.6 Å². The molecule has 34 heavy (non-hydrogen) atoms. The zero-order chi connectivity index (χ0) is 24.6. The van der Waals surface area contributed by atoms with Gasteiger partial charge in [-0.25, -0.2) is 9.37 Å². The van der Waals surface area contributed by atoms with Crippen LogP contribution in [0.15, 0.2) is 41.0 Å². The molecule has 1 aromatic heterocycles. The van der Waals surface area contributed by atoms with Crippen LogP contribution >= 0.6 is 0 Å². The lowest BCUT2D eigenvalue weighted by molar-refractivity contribution is 0.227. The molecule has 2 atom stereocenters. The van der Waals surface area contributed by atoms with E-state index in [1.165, 1.54) is 12.1 Å². The predicted octanol–water partition coefficient (Wildman–Crippen LogP) is 4.94. The Morgan fingerprint density at radius 2 is 2.06 bits per heavy atom. The highest BCUT2D eigenvalue weighted by Crippen LogP contribution is 2.38. The lowest BCUT2D eigenvalue weighted by atomic mass is 9.92. The van der Waals surface area contributed by atoms with Crippen LogP contribution in [0.5, 0.6) is 5.75 Å². The Balaban J connectivity index is 1.98. The average molecular weight is 463 g/mol. The van der Waals surface area contributed by atoms with Crippen molar-refractivity contribution in [1.29, 1.82) is 5.26 Å². The second kappa shape index (κ2) is 9.07. The normalized spacial score (nSPS) is 22.0. The number of halogens is 1. The Hall–Kier alpha value is -3.44. The highest BCUT2D eigenvalue weighted by atomic mass is 19.1. The van der Waals surface area contributed by atoms with Crippen LogP contribution in [0.4, 0.5) is 15.9 Å². The lowest BCUT2D eigenvalue weighted by Crippen LogP contribution is -2.38. The van der Waals surface area contributed by atoms with Crippen molar-refractivity contribution in [2.75, 3.05) is 25.1 Å². The summed E-state index contributed by atoms with van der Waals surface area (Å²) < 4.78 is 20.4. The van der Waals surface area contributed by atoms with Gasteiger partial charge >= 0.3 is 0 Å². The number of hydrogen-bond acceptors (Lipinski definition) is 7. The summed E-state index contributed by atoms with van der Waals surface area (Å²) in [5.41, 5.74) is 10.3. The summed E-state index contributed by atoms with van der Waals surface area (Å²) in [6.45, 7) is 6.02. The van der Waals surface area contributed by atoms with Crippen LogP contribution in [0.25, 0.3) is 5.57 Å². The first kappa shape index (κ1) is 23.7. The van der Waals surface area contributed by atoms with Gasteiger partial charge in [-0.2, -0.15) is 5.26 Å². The quantitative estimate of drug-likeness (QED) is 0.623. The maximum Gasteiger partial charge on any atom is 0.166 e. The Bertz CT molecular complexity index is 1210. The van der Waals surface area contributed by atoms with Gasteiger partial charge in [-0.05, 0) is 72.0 Å². The van der Waals surface area contributed by atoms with Crippen LogP contribution in [-0.4, -0.2) is 41.4 Å². The molecule has 0 aliphatic carbocycles. The molecule has 4 rings (SSSR count). The third-order valence-corrected chi connectivity index (χ3v) is 6.41. The lowest BCUT2D eigenvalue weighted by Gasteiger charge is -2.31. The van der Waals surface area contributed by atoms with Crippen molar-refractivity contribution in [1.82, 2.24) is 9.88 Å². The fourth-order valence-electron chi connectivity index (χ4n) is 4.47. The molecular formula is C26H31FN6O. The zero-order valence-corrected chi connectivity index (χ0v) is 20.3. The molecule has 0 spiro atoms. The number of fused-ring (bicyclic) bond motifs is 5. The number of ether oxygens (including phenoxy) is 1. The fraction of sp³-hybridized carbons (Fsp3) is 0.423. The second-order valence-electron chi connectivity index (χ2n) is 9.76. The van der Waals surface area contributed by atoms with Gasteiger partial charge in [-0.3, -0.25) is 9.89 Å². The largest absolute Gasteiger partial charge is 0.482 e. The minimum Gasteiger partial charge on any atom is -0.482 e. The second-order valence-corrected chi connectivity index (χ2v) is 9.76. The molecule has 2 aliphatic rings. The Labute approximate surface area is 200 Å². The predicted molar refractivity (Wildman–Crippen MR) is 133 cm³/mol. The number of benzene rings is 1. The molecule has 3 heterocycles. The molecule has 7 nitrogen and oxygen atoms in total. The summed E-state index contributed by atoms with van der Waals surface area (Å²) >= 11 is 0. The smallest absolute Gasteiger partial charge is 0.166 e. The fourth-order valence-corrected chi connectivity index (χ4v) is 4.47. The van der Waals surface area contributed by atoms with Gasteiger partial charge in [-0.1, -0.05) is 0 Å². The van der Waals surface area contributed by atoms with E-state index in [1.54, 1.807) is 12.3 Å². The molecule has 2 bridgehead atoms. The third kappa shape index (κ3) is 4.75. The van der Waals surface area contributed by atoms with Crippen molar-refractivity contribution in [3.8, 4) is 11.8 Å². The van der Waals surface area contributed by atoms with Crippen molar-refractivity contribution in [3.63, 3.8) is 0 Å². The molecule has 2 aromatic rings. The van der Waals surface area contributed by atoms with Gasteiger partial charge < -0.3 is 15.8 Å². The van der Waals surface area contributed by atoms with Crippen LogP contribution in [0.2, 0.25) is 0 Å². The Morgan fingerprint density at radius 3 is 2.76 bits per heavy atom. The van der Waals surface area contributed by atoms with Crippen LogP contribution in [-0.2, 0) is 0 Å². The van der Waals surface area contributed by atoms with Crippen LogP contribution < -0.4 is 15.8 Å². The highest BCUT2D eigenvalue weighted by Gasteiger charge is 2.30. The number of nitrogen functional groups attached to an aromatic ring is 1. The van der Waals surface area contributed by atoms with E-state index in [0.29, 0.717) is 29.7 Å². The number of nitriles is 1. The molecule has 0 amide bonds. The maximum absolute atomic E-state index is 14.2. The molecule has 2 unspecified atom stereocenters. The van der Waals surface area contributed by atoms with Crippen molar-refractivity contribution >= 4 is 22.8 Å². The van der Waals surface area contributed by atoms with Crippen molar-refractivity contribution in [3.05, 3.63) is 53.0 Å². The van der Waals surface area contributed by atoms with E-state index < -0.39 is 6.10 Å². The summed E-state index contributed by atoms with van der Waals surface area (Å²) in [6.07, 6.45) is 2.91. The number of nitrogens with one attached hydrogen (secondary N) is 1. The van der Waals surface area contributed by atoms with E-state index in [4.69, 9.17) is 15.5 Å². The highest BCUT2D eigenvalue weighted by molar-refractivity contribution is 6.26. The molecule has 0 saturated heterocycles. The van der Waals surface area contributed by atoms with Gasteiger partial charge in [0.25, 0.3) is 0 Å². The molecule has 0 fully saturated rings. The number of hydrogen-bond donors (Lipinski definition) is 2. The summed E-state index contributed by atoms with van der Waals surface area (Å²) in [5, 5.41) is 13.6. The summed E-state index contributed by atoms with van der Waals surface area (Å²) in [5.74, 6) is 0.275. The van der Waals surface area contributed by atoms with Gasteiger partial charge in [0.1, 0.15) is 11.9 Å². The first-order chi connectivity index (χ1) is 16.1. The van der Waals surface area contributed by atoms with E-state index >= 15 is 0 Å². The number of aliphatic imine (C=N–C) groups is 1. The Kier molecular flexibility index (Phi) is 6.32. The Morgan fingerprint density at radius 1 is 1.29 bits per heavy atom. The molecule has 8 heteroatoms. The van der Waals surface area contributed by atoms with Crippen LogP contribution in [0, 0.1) is 17.1 Å². The van der Waals surface area contributed by atoms with Crippen LogP contribution in [0.3, 0.4) is 0 Å². The molecule has 178 valence electrons. The van der Waals surface area contributed by atoms with Gasteiger partial charge in [0.15, 0.2) is 11.6 Å². The third-order valence-electron chi connectivity index (χ3n) is 6.41. The zero-order valence-electron chi connectivity index (χ0n) is 20.3. The minimum atomic E-state index is -0.495. The van der Waals surface area contributed by atoms with Gasteiger partial charge in [0.2, 0.25) is 0 Å². The van der Waals surface area contributed by atoms with Crippen molar-refractivity contribution < 1.29 is 9.13 Å². The van der Waals surface area contributed by atoms with Crippen molar-refractivity contribution in [2.45, 2.75) is 57.8 Å². The first-order valence-electron chi connectivity index (χ1n) is 11.5. The standard InChI is InChI=1S/C26H31FN6O/c1-15-19-11-18(27)6-7-20(19)31-23(33(4)5)12-21-24(16(13-28)8-9-26(2,3)32-21)17-10-22(34-15)25(29)30-14-17/h6-7,10-11,14-15,23,31H,8-9,12H2,1-5H3,(H2,29,30). The maximum atomic E-state index is 14.2. The summed E-state index contributed by atoms with van der Waals surface area (Å²) in [7, 11) is 3.96. The van der Waals surface area contributed by atoms with Crippen molar-refractivity contribution in [2.24, 2.45) is 4.99 Å². The van der Waals surface area contributed by atoms with E-state index in [1.807, 2.05) is 27.1 Å². The molecular weight excluding hydrogens is 431 g/mol. The van der Waals surface area contributed by atoms with E-state index in [0.717, 1.165) is 29.0 Å². The SMILES string of the molecule is CC1Oc2cc(cnc2N)C2=C(C#N)CCC(C)(C)N=C2CC(N(C)C)Nc2ccc(F)cc21. The van der Waals surface area contributed by atoms with Gasteiger partial charge in [0, 0.05) is 46.3 Å². The van der Waals surface area contributed by atoms with Crippen LogP contribution in [0.1, 0.15) is 57.3 Å². The number of rotatable bonds is 1. The van der Waals surface area contributed by atoms with E-state index in [9.17, 15) is 9.65 Å². The molecule has 1 aromatic carbocycles. The van der Waals surface area contributed by atoms with E-state index in [2.05, 4.69) is 35.1 Å². The summed E-state index contributed by atoms with van der Waals surface area (Å²) in [4.78, 5) is 11.6. The number of nitrogens with two attached hydrogens (primary N) is 1. The average Bonchev–Trinajstić information content (AvgIpc) is 2.90. The number of allylic oxidation sites excluding steroid dienone is 2. The minimum absolute atomic E-state index is 0.167. The molecule has 2 aliphatic heterocycles. The van der Waals surface area contributed by atoms with E-state index in [-0.39, 0.29) is 23.3 Å². The number of pyridine rings is 1. The van der Waals surface area contributed by atoms with Gasteiger partial charge in [-0.15, -0.1) is 0 Å². The molecule has 3 N–H and O–H groups in total. The number of aromatic nitrogens is 1.